The van der Waals surface area contributed by atoms with Crippen LogP contribution in [0.2, 0.25) is 0 Å². The molecule has 0 unspecified atom stereocenters. The third-order valence-corrected chi connectivity index (χ3v) is 4.51. The smallest absolute Gasteiger partial charge is 0.124 e. The lowest BCUT2D eigenvalue weighted by molar-refractivity contribution is 0.370. The van der Waals surface area contributed by atoms with Crippen LogP contribution in [-0.2, 0) is 12.0 Å². The Morgan fingerprint density at radius 3 is 2.42 bits per heavy atom. The fourth-order valence-corrected chi connectivity index (χ4v) is 3.32. The van der Waals surface area contributed by atoms with Crippen molar-refractivity contribution in [2.75, 3.05) is 20.6 Å². The maximum absolute atomic E-state index is 10.7. The van der Waals surface area contributed by atoms with Crippen LogP contribution >= 0.6 is 0 Å². The number of rotatable bonds is 4. The van der Waals surface area contributed by atoms with E-state index >= 15 is 0 Å². The molecular weight excluding hydrogens is 236 g/mol. The summed E-state index contributed by atoms with van der Waals surface area (Å²) in [7, 11) is 4.06. The molecule has 0 radical (unpaired) electrons. The highest BCUT2D eigenvalue weighted by Crippen LogP contribution is 2.45. The van der Waals surface area contributed by atoms with E-state index in [9.17, 15) is 5.11 Å². The van der Waals surface area contributed by atoms with Gasteiger partial charge in [0.2, 0.25) is 0 Å². The fraction of sp³-hybridized carbons (Fsp3) is 0.625. The van der Waals surface area contributed by atoms with Gasteiger partial charge >= 0.3 is 0 Å². The minimum Gasteiger partial charge on any atom is -0.507 e. The summed E-state index contributed by atoms with van der Waals surface area (Å²) >= 11 is 0. The molecule has 3 nitrogen and oxygen atoms in total. The number of hydrogen-bond donors (Lipinski definition) is 2. The second-order valence-corrected chi connectivity index (χ2v) is 6.19. The second-order valence-electron chi connectivity index (χ2n) is 6.19. The van der Waals surface area contributed by atoms with Crippen LogP contribution < -0.4 is 5.73 Å². The molecule has 0 bridgehead atoms. The van der Waals surface area contributed by atoms with Crippen molar-refractivity contribution in [3.63, 3.8) is 0 Å². The summed E-state index contributed by atoms with van der Waals surface area (Å²) in [6, 6.07) is 4.21. The Bertz CT molecular complexity index is 448. The van der Waals surface area contributed by atoms with Gasteiger partial charge in [0.25, 0.3) is 0 Å². The van der Waals surface area contributed by atoms with E-state index in [1.165, 1.54) is 12.8 Å². The first-order chi connectivity index (χ1) is 9.00. The van der Waals surface area contributed by atoms with Crippen molar-refractivity contribution < 1.29 is 5.11 Å². The van der Waals surface area contributed by atoms with Gasteiger partial charge in [0.15, 0.2) is 0 Å². The van der Waals surface area contributed by atoms with Gasteiger partial charge in [0, 0.05) is 29.6 Å². The molecule has 0 atom stereocenters. The highest BCUT2D eigenvalue weighted by Gasteiger charge is 2.37. The highest BCUT2D eigenvalue weighted by atomic mass is 16.3. The molecule has 3 heteroatoms. The van der Waals surface area contributed by atoms with Crippen molar-refractivity contribution in [1.82, 2.24) is 4.90 Å². The van der Waals surface area contributed by atoms with Crippen molar-refractivity contribution in [2.45, 2.75) is 44.6 Å². The van der Waals surface area contributed by atoms with E-state index in [4.69, 9.17) is 5.73 Å². The average molecular weight is 262 g/mol. The third kappa shape index (κ3) is 2.63. The fourth-order valence-electron chi connectivity index (χ4n) is 3.32. The Morgan fingerprint density at radius 1 is 1.26 bits per heavy atom. The van der Waals surface area contributed by atoms with Gasteiger partial charge in [0.05, 0.1) is 0 Å². The summed E-state index contributed by atoms with van der Waals surface area (Å²) in [6.45, 7) is 3.46. The molecule has 1 aromatic rings. The van der Waals surface area contributed by atoms with Crippen LogP contribution in [0.25, 0.3) is 0 Å². The van der Waals surface area contributed by atoms with Crippen LogP contribution in [0, 0.1) is 6.92 Å². The highest BCUT2D eigenvalue weighted by molar-refractivity contribution is 5.49. The summed E-state index contributed by atoms with van der Waals surface area (Å²) in [5, 5.41) is 10.7. The average Bonchev–Trinajstić information content (AvgIpc) is 2.84. The molecule has 19 heavy (non-hydrogen) atoms. The molecule has 1 aliphatic rings. The Hall–Kier alpha value is -1.06. The Morgan fingerprint density at radius 2 is 1.89 bits per heavy atom. The first-order valence-electron chi connectivity index (χ1n) is 7.17. The van der Waals surface area contributed by atoms with Gasteiger partial charge in [-0.3, -0.25) is 0 Å². The van der Waals surface area contributed by atoms with Crippen LogP contribution in [0.5, 0.6) is 5.75 Å². The molecule has 3 N–H and O–H groups in total. The number of nitrogens with zero attached hydrogens (tertiary/aromatic N) is 1. The standard InChI is InChI=1S/C16H26N2O/c1-12-6-7-14(15(19)13(12)10-18(2)3)16(11-17)8-4-5-9-16/h6-7,19H,4-5,8-11,17H2,1-3H3. The summed E-state index contributed by atoms with van der Waals surface area (Å²) < 4.78 is 0. The monoisotopic (exact) mass is 262 g/mol. The van der Waals surface area contributed by atoms with Gasteiger partial charge < -0.3 is 15.7 Å². The molecule has 2 rings (SSSR count). The minimum atomic E-state index is -0.00114. The SMILES string of the molecule is Cc1ccc(C2(CN)CCCC2)c(O)c1CN(C)C. The number of nitrogens with two attached hydrogens (primary N) is 1. The molecular formula is C16H26N2O. The van der Waals surface area contributed by atoms with E-state index in [1.54, 1.807) is 0 Å². The number of aromatic hydroxyl groups is 1. The van der Waals surface area contributed by atoms with Gasteiger partial charge in [-0.15, -0.1) is 0 Å². The topological polar surface area (TPSA) is 49.5 Å². The van der Waals surface area contributed by atoms with E-state index in [-0.39, 0.29) is 5.41 Å². The molecule has 1 saturated carbocycles. The number of hydrogen-bond acceptors (Lipinski definition) is 3. The van der Waals surface area contributed by atoms with Gasteiger partial charge in [-0.05, 0) is 39.4 Å². The van der Waals surface area contributed by atoms with Crippen LogP contribution in [0.1, 0.15) is 42.4 Å². The molecule has 0 spiro atoms. The van der Waals surface area contributed by atoms with E-state index in [2.05, 4.69) is 24.0 Å². The normalized spacial score (nSPS) is 18.2. The summed E-state index contributed by atoms with van der Waals surface area (Å²) in [5.41, 5.74) is 9.30. The molecule has 1 aliphatic carbocycles. The zero-order valence-electron chi connectivity index (χ0n) is 12.4. The lowest BCUT2D eigenvalue weighted by Gasteiger charge is -2.30. The largest absolute Gasteiger partial charge is 0.507 e. The molecule has 106 valence electrons. The third-order valence-electron chi connectivity index (χ3n) is 4.51. The molecule has 0 amide bonds. The predicted octanol–water partition coefficient (Wildman–Crippen LogP) is 2.53. The second kappa shape index (κ2) is 5.51. The van der Waals surface area contributed by atoms with Crippen LogP contribution in [-0.4, -0.2) is 30.6 Å². The van der Waals surface area contributed by atoms with E-state index in [1.807, 2.05) is 14.1 Å². The summed E-state index contributed by atoms with van der Waals surface area (Å²) in [6.07, 6.45) is 4.63. The van der Waals surface area contributed by atoms with Crippen molar-refractivity contribution in [3.8, 4) is 5.75 Å². The van der Waals surface area contributed by atoms with Crippen LogP contribution in [0.3, 0.4) is 0 Å². The first-order valence-corrected chi connectivity index (χ1v) is 7.17. The van der Waals surface area contributed by atoms with Crippen molar-refractivity contribution in [3.05, 3.63) is 28.8 Å². The Labute approximate surface area is 116 Å². The summed E-state index contributed by atoms with van der Waals surface area (Å²) in [4.78, 5) is 2.09. The van der Waals surface area contributed by atoms with E-state index in [0.717, 1.165) is 36.1 Å². The minimum absolute atomic E-state index is 0.00114. The zero-order valence-corrected chi connectivity index (χ0v) is 12.4. The lowest BCUT2D eigenvalue weighted by Crippen LogP contribution is -2.32. The Kier molecular flexibility index (Phi) is 4.16. The number of benzene rings is 1. The number of phenolic OH excluding ortho intramolecular Hbond substituents is 1. The maximum atomic E-state index is 10.7. The van der Waals surface area contributed by atoms with E-state index < -0.39 is 0 Å². The van der Waals surface area contributed by atoms with Gasteiger partial charge in [0.1, 0.15) is 5.75 Å². The molecule has 1 fully saturated rings. The summed E-state index contributed by atoms with van der Waals surface area (Å²) in [5.74, 6) is 0.473. The molecule has 0 aliphatic heterocycles. The molecule has 1 aromatic carbocycles. The van der Waals surface area contributed by atoms with Crippen molar-refractivity contribution >= 4 is 0 Å². The van der Waals surface area contributed by atoms with Crippen molar-refractivity contribution in [1.29, 1.82) is 0 Å². The Balaban J connectivity index is 2.47. The molecule has 0 heterocycles. The molecule has 0 aromatic heterocycles. The number of phenols is 1. The van der Waals surface area contributed by atoms with Crippen LogP contribution in [0.15, 0.2) is 12.1 Å². The quantitative estimate of drug-likeness (QED) is 0.876. The first kappa shape index (κ1) is 14.4. The van der Waals surface area contributed by atoms with Crippen LogP contribution in [0.4, 0.5) is 0 Å². The van der Waals surface area contributed by atoms with Gasteiger partial charge in [-0.1, -0.05) is 25.0 Å². The van der Waals surface area contributed by atoms with Gasteiger partial charge in [-0.2, -0.15) is 0 Å². The zero-order chi connectivity index (χ0) is 14.0. The van der Waals surface area contributed by atoms with E-state index in [0.29, 0.717) is 12.3 Å². The maximum Gasteiger partial charge on any atom is 0.124 e. The predicted molar refractivity (Wildman–Crippen MR) is 79.4 cm³/mol. The molecule has 0 saturated heterocycles. The number of aryl methyl sites for hydroxylation is 1. The lowest BCUT2D eigenvalue weighted by atomic mass is 9.77. The van der Waals surface area contributed by atoms with Gasteiger partial charge in [-0.25, -0.2) is 0 Å². The van der Waals surface area contributed by atoms with Crippen molar-refractivity contribution in [2.24, 2.45) is 5.73 Å².